The fourth-order valence-electron chi connectivity index (χ4n) is 1.87. The Labute approximate surface area is 102 Å². The lowest BCUT2D eigenvalue weighted by Gasteiger charge is -2.09. The van der Waals surface area contributed by atoms with Crippen LogP contribution in [0.1, 0.15) is 36.1 Å². The van der Waals surface area contributed by atoms with Gasteiger partial charge in [0.2, 0.25) is 0 Å². The highest BCUT2D eigenvalue weighted by molar-refractivity contribution is 5.74. The Kier molecular flexibility index (Phi) is 4.71. The second kappa shape index (κ2) is 6.05. The van der Waals surface area contributed by atoms with Crippen LogP contribution in [0.3, 0.4) is 0 Å². The maximum absolute atomic E-state index is 11.5. The maximum atomic E-state index is 11.5. The molecule has 1 aromatic rings. The van der Waals surface area contributed by atoms with Gasteiger partial charge in [-0.15, -0.1) is 0 Å². The molecule has 0 saturated carbocycles. The van der Waals surface area contributed by atoms with Gasteiger partial charge in [0.1, 0.15) is 0 Å². The minimum absolute atomic E-state index is 0.172. The van der Waals surface area contributed by atoms with Crippen LogP contribution in [0, 0.1) is 18.3 Å². The SMILES string of the molecule is CCOC(=O)Cc1cc(C)cc(CC)c1C#N. The van der Waals surface area contributed by atoms with Gasteiger partial charge >= 0.3 is 5.97 Å². The largest absolute Gasteiger partial charge is 0.466 e. The molecule has 1 aromatic carbocycles. The van der Waals surface area contributed by atoms with Crippen LogP contribution < -0.4 is 0 Å². The molecule has 0 atom stereocenters. The number of hydrogen-bond donors (Lipinski definition) is 0. The van der Waals surface area contributed by atoms with Crippen molar-refractivity contribution < 1.29 is 9.53 Å². The molecule has 3 heteroatoms. The normalized spacial score (nSPS) is 9.76. The summed E-state index contributed by atoms with van der Waals surface area (Å²) in [5, 5.41) is 9.16. The molecule has 0 N–H and O–H groups in total. The molecule has 1 rings (SSSR count). The third-order valence-electron chi connectivity index (χ3n) is 2.58. The third-order valence-corrected chi connectivity index (χ3v) is 2.58. The summed E-state index contributed by atoms with van der Waals surface area (Å²) in [6.45, 7) is 6.11. The van der Waals surface area contributed by atoms with Gasteiger partial charge in [-0.25, -0.2) is 0 Å². The lowest BCUT2D eigenvalue weighted by Crippen LogP contribution is -2.10. The molecule has 0 bridgehead atoms. The fourth-order valence-corrected chi connectivity index (χ4v) is 1.87. The number of esters is 1. The molecule has 0 radical (unpaired) electrons. The van der Waals surface area contributed by atoms with Crippen LogP contribution in [0.5, 0.6) is 0 Å². The second-order valence-electron chi connectivity index (χ2n) is 3.91. The smallest absolute Gasteiger partial charge is 0.310 e. The molecular formula is C14H17NO2. The predicted octanol–water partition coefficient (Wildman–Crippen LogP) is 2.53. The molecule has 0 saturated heterocycles. The van der Waals surface area contributed by atoms with Crippen LogP contribution in [-0.2, 0) is 22.4 Å². The average molecular weight is 231 g/mol. The minimum Gasteiger partial charge on any atom is -0.466 e. The summed E-state index contributed by atoms with van der Waals surface area (Å²) in [7, 11) is 0. The number of nitriles is 1. The van der Waals surface area contributed by atoms with Gasteiger partial charge in [0.15, 0.2) is 0 Å². The van der Waals surface area contributed by atoms with Crippen molar-refractivity contribution in [2.24, 2.45) is 0 Å². The topological polar surface area (TPSA) is 50.1 Å². The standard InChI is InChI=1S/C14H17NO2/c1-4-11-6-10(3)7-12(13(11)9-15)8-14(16)17-5-2/h6-7H,4-5,8H2,1-3H3. The molecule has 0 fully saturated rings. The minimum atomic E-state index is -0.281. The summed E-state index contributed by atoms with van der Waals surface area (Å²) >= 11 is 0. The second-order valence-corrected chi connectivity index (χ2v) is 3.91. The van der Waals surface area contributed by atoms with E-state index in [2.05, 4.69) is 6.07 Å². The Morgan fingerprint density at radius 2 is 2.00 bits per heavy atom. The van der Waals surface area contributed by atoms with Gasteiger partial charge in [-0.2, -0.15) is 5.26 Å². The van der Waals surface area contributed by atoms with Crippen molar-refractivity contribution in [2.45, 2.75) is 33.6 Å². The van der Waals surface area contributed by atoms with Crippen molar-refractivity contribution in [1.29, 1.82) is 5.26 Å². The van der Waals surface area contributed by atoms with E-state index in [1.54, 1.807) is 6.92 Å². The van der Waals surface area contributed by atoms with Gasteiger partial charge in [0.05, 0.1) is 24.7 Å². The molecule has 0 aliphatic rings. The van der Waals surface area contributed by atoms with Crippen molar-refractivity contribution in [3.05, 3.63) is 34.4 Å². The fraction of sp³-hybridized carbons (Fsp3) is 0.429. The van der Waals surface area contributed by atoms with Crippen molar-refractivity contribution in [2.75, 3.05) is 6.61 Å². The molecule has 0 unspecified atom stereocenters. The lowest BCUT2D eigenvalue weighted by atomic mass is 9.95. The summed E-state index contributed by atoms with van der Waals surface area (Å²) in [6, 6.07) is 6.06. The molecule has 0 aliphatic carbocycles. The molecule has 90 valence electrons. The van der Waals surface area contributed by atoms with E-state index in [9.17, 15) is 4.79 Å². The van der Waals surface area contributed by atoms with E-state index in [4.69, 9.17) is 10.00 Å². The molecule has 0 aromatic heterocycles. The average Bonchev–Trinajstić information content (AvgIpc) is 2.28. The number of carbonyl (C=O) groups is 1. The van der Waals surface area contributed by atoms with Gasteiger partial charge in [-0.3, -0.25) is 4.79 Å². The van der Waals surface area contributed by atoms with E-state index in [0.717, 1.165) is 23.1 Å². The van der Waals surface area contributed by atoms with E-state index in [1.807, 2.05) is 26.0 Å². The summed E-state index contributed by atoms with van der Waals surface area (Å²) in [4.78, 5) is 11.5. The third kappa shape index (κ3) is 3.32. The molecule has 0 spiro atoms. The number of hydrogen-bond acceptors (Lipinski definition) is 3. The summed E-state index contributed by atoms with van der Waals surface area (Å²) in [5.74, 6) is -0.281. The van der Waals surface area contributed by atoms with Crippen LogP contribution in [-0.4, -0.2) is 12.6 Å². The number of carbonyl (C=O) groups excluding carboxylic acids is 1. The highest BCUT2D eigenvalue weighted by Crippen LogP contribution is 2.18. The van der Waals surface area contributed by atoms with Gasteiger partial charge in [-0.05, 0) is 31.4 Å². The summed E-state index contributed by atoms with van der Waals surface area (Å²) in [5.41, 5.74) is 3.45. The Bertz CT molecular complexity index is 458. The van der Waals surface area contributed by atoms with Crippen LogP contribution in [0.15, 0.2) is 12.1 Å². The lowest BCUT2D eigenvalue weighted by molar-refractivity contribution is -0.142. The van der Waals surface area contributed by atoms with Crippen LogP contribution >= 0.6 is 0 Å². The molecule has 0 amide bonds. The molecule has 0 heterocycles. The highest BCUT2D eigenvalue weighted by atomic mass is 16.5. The molecule has 0 aliphatic heterocycles. The van der Waals surface area contributed by atoms with Crippen LogP contribution in [0.4, 0.5) is 0 Å². The zero-order chi connectivity index (χ0) is 12.8. The number of aryl methyl sites for hydroxylation is 2. The van der Waals surface area contributed by atoms with E-state index in [-0.39, 0.29) is 12.4 Å². The Morgan fingerprint density at radius 1 is 1.35 bits per heavy atom. The zero-order valence-corrected chi connectivity index (χ0v) is 10.5. The number of nitrogens with zero attached hydrogens (tertiary/aromatic N) is 1. The van der Waals surface area contributed by atoms with Gasteiger partial charge in [0.25, 0.3) is 0 Å². The number of rotatable bonds is 4. The van der Waals surface area contributed by atoms with E-state index in [0.29, 0.717) is 12.2 Å². The van der Waals surface area contributed by atoms with Gasteiger partial charge in [-0.1, -0.05) is 24.6 Å². The zero-order valence-electron chi connectivity index (χ0n) is 10.5. The first-order chi connectivity index (χ1) is 8.12. The Balaban J connectivity index is 3.10. The van der Waals surface area contributed by atoms with E-state index in [1.165, 1.54) is 0 Å². The first kappa shape index (κ1) is 13.2. The summed E-state index contributed by atoms with van der Waals surface area (Å²) in [6.07, 6.45) is 0.964. The van der Waals surface area contributed by atoms with Crippen molar-refractivity contribution in [3.8, 4) is 6.07 Å². The van der Waals surface area contributed by atoms with Gasteiger partial charge < -0.3 is 4.74 Å². The molecular weight excluding hydrogens is 214 g/mol. The number of benzene rings is 1. The summed E-state index contributed by atoms with van der Waals surface area (Å²) < 4.78 is 4.91. The van der Waals surface area contributed by atoms with Crippen LogP contribution in [0.25, 0.3) is 0 Å². The Hall–Kier alpha value is -1.82. The monoisotopic (exact) mass is 231 g/mol. The van der Waals surface area contributed by atoms with Crippen LogP contribution in [0.2, 0.25) is 0 Å². The van der Waals surface area contributed by atoms with Crippen molar-refractivity contribution >= 4 is 5.97 Å². The van der Waals surface area contributed by atoms with Crippen molar-refractivity contribution in [3.63, 3.8) is 0 Å². The quantitative estimate of drug-likeness (QED) is 0.748. The van der Waals surface area contributed by atoms with Gasteiger partial charge in [0, 0.05) is 0 Å². The highest BCUT2D eigenvalue weighted by Gasteiger charge is 2.12. The van der Waals surface area contributed by atoms with E-state index >= 15 is 0 Å². The van der Waals surface area contributed by atoms with Crippen molar-refractivity contribution in [1.82, 2.24) is 0 Å². The first-order valence-corrected chi connectivity index (χ1v) is 5.80. The predicted molar refractivity (Wildman–Crippen MR) is 65.6 cm³/mol. The first-order valence-electron chi connectivity index (χ1n) is 5.80. The molecule has 3 nitrogen and oxygen atoms in total. The van der Waals surface area contributed by atoms with E-state index < -0.39 is 0 Å². The number of ether oxygens (including phenoxy) is 1. The Morgan fingerprint density at radius 3 is 2.53 bits per heavy atom. The maximum Gasteiger partial charge on any atom is 0.310 e. The molecule has 17 heavy (non-hydrogen) atoms.